The molecule has 1 amide bonds. The van der Waals surface area contributed by atoms with Crippen LogP contribution >= 0.6 is 0 Å². The van der Waals surface area contributed by atoms with E-state index < -0.39 is 10.7 Å². The Bertz CT molecular complexity index is 666. The Morgan fingerprint density at radius 2 is 2.12 bits per heavy atom. The lowest BCUT2D eigenvalue weighted by molar-refractivity contribution is -0.384. The molecule has 0 spiro atoms. The fraction of sp³-hybridized carbons (Fsp3) is 0.438. The molecule has 0 aliphatic carbocycles. The van der Waals surface area contributed by atoms with Crippen molar-refractivity contribution in [2.24, 2.45) is 0 Å². The lowest BCUT2D eigenvalue weighted by Gasteiger charge is -2.38. The Morgan fingerprint density at radius 3 is 2.71 bits per heavy atom. The highest BCUT2D eigenvalue weighted by atomic mass is 19.1. The van der Waals surface area contributed by atoms with E-state index in [2.05, 4.69) is 11.2 Å². The molecule has 1 aliphatic rings. The number of carbonyl (C=O) groups excluding carboxylic acids is 1. The van der Waals surface area contributed by atoms with E-state index in [9.17, 15) is 19.3 Å². The molecule has 0 radical (unpaired) electrons. The van der Waals surface area contributed by atoms with E-state index in [-0.39, 0.29) is 24.2 Å². The summed E-state index contributed by atoms with van der Waals surface area (Å²) in [5.41, 5.74) is 0.147. The number of carbonyl (C=O) groups is 1. The number of hydrogen-bond donors (Lipinski definition) is 1. The average Bonchev–Trinajstić information content (AvgIpc) is 2.59. The van der Waals surface area contributed by atoms with E-state index in [1.807, 2.05) is 9.80 Å². The first-order valence-electron chi connectivity index (χ1n) is 7.58. The maximum absolute atomic E-state index is 13.2. The number of hydrogen-bond acceptors (Lipinski definition) is 5. The molecule has 0 unspecified atom stereocenters. The summed E-state index contributed by atoms with van der Waals surface area (Å²) >= 11 is 0. The van der Waals surface area contributed by atoms with Gasteiger partial charge in [-0.3, -0.25) is 19.8 Å². The summed E-state index contributed by atoms with van der Waals surface area (Å²) in [6.45, 7) is 4.14. The van der Waals surface area contributed by atoms with Gasteiger partial charge in [0, 0.05) is 26.2 Å². The third kappa shape index (κ3) is 4.00. The van der Waals surface area contributed by atoms with Crippen molar-refractivity contribution in [2.75, 3.05) is 37.6 Å². The van der Waals surface area contributed by atoms with Crippen molar-refractivity contribution < 1.29 is 14.1 Å². The van der Waals surface area contributed by atoms with Gasteiger partial charge in [0.2, 0.25) is 5.91 Å². The van der Waals surface area contributed by atoms with Crippen molar-refractivity contribution in [1.29, 1.82) is 0 Å². The molecule has 8 heteroatoms. The largest absolute Gasteiger partial charge is 0.363 e. The summed E-state index contributed by atoms with van der Waals surface area (Å²) in [5, 5.41) is 13.8. The Morgan fingerprint density at radius 1 is 1.46 bits per heavy atom. The zero-order valence-electron chi connectivity index (χ0n) is 13.4. The number of rotatable bonds is 5. The molecule has 1 atom stereocenters. The molecule has 2 rings (SSSR count). The second kappa shape index (κ2) is 7.75. The predicted octanol–water partition coefficient (Wildman–Crippen LogP) is 0.994. The van der Waals surface area contributed by atoms with Crippen LogP contribution in [-0.2, 0) is 4.79 Å². The highest BCUT2D eigenvalue weighted by molar-refractivity contribution is 5.81. The topological polar surface area (TPSA) is 78.7 Å². The lowest BCUT2D eigenvalue weighted by atomic mass is 10.1. The van der Waals surface area contributed by atoms with Crippen LogP contribution in [0.2, 0.25) is 0 Å². The van der Waals surface area contributed by atoms with Crippen LogP contribution in [0.4, 0.5) is 15.8 Å². The highest BCUT2D eigenvalue weighted by Crippen LogP contribution is 2.29. The summed E-state index contributed by atoms with van der Waals surface area (Å²) in [5.74, 6) is 1.57. The van der Waals surface area contributed by atoms with Gasteiger partial charge in [0.15, 0.2) is 0 Å². The van der Waals surface area contributed by atoms with Crippen molar-refractivity contribution in [1.82, 2.24) is 10.2 Å². The van der Waals surface area contributed by atoms with Crippen LogP contribution in [0, 0.1) is 28.3 Å². The third-order valence-corrected chi connectivity index (χ3v) is 4.08. The van der Waals surface area contributed by atoms with Crippen LogP contribution in [0.5, 0.6) is 0 Å². The van der Waals surface area contributed by atoms with Crippen LogP contribution in [0.25, 0.3) is 0 Å². The SMILES string of the molecule is C#CCNC(=O)[C@@H](C)N1CCN(c2ccc(F)cc2[N+](=O)[O-])CC1. The van der Waals surface area contributed by atoms with E-state index in [1.54, 1.807) is 6.92 Å². The molecule has 1 aromatic rings. The van der Waals surface area contributed by atoms with Crippen LogP contribution in [0.1, 0.15) is 6.92 Å². The minimum Gasteiger partial charge on any atom is -0.363 e. The maximum atomic E-state index is 13.2. The lowest BCUT2D eigenvalue weighted by Crippen LogP contribution is -2.54. The van der Waals surface area contributed by atoms with E-state index in [0.29, 0.717) is 31.9 Å². The van der Waals surface area contributed by atoms with Gasteiger partial charge in [-0.1, -0.05) is 5.92 Å². The van der Waals surface area contributed by atoms with Crippen molar-refractivity contribution >= 4 is 17.3 Å². The highest BCUT2D eigenvalue weighted by Gasteiger charge is 2.28. The molecular weight excluding hydrogens is 315 g/mol. The van der Waals surface area contributed by atoms with Gasteiger partial charge in [0.1, 0.15) is 11.5 Å². The Hall–Kier alpha value is -2.66. The number of benzene rings is 1. The Labute approximate surface area is 139 Å². The minimum absolute atomic E-state index is 0.144. The average molecular weight is 334 g/mol. The number of nitro groups is 1. The quantitative estimate of drug-likeness (QED) is 0.494. The molecule has 1 saturated heterocycles. The Balaban J connectivity index is 2.02. The first kappa shape index (κ1) is 17.7. The zero-order valence-corrected chi connectivity index (χ0v) is 13.4. The van der Waals surface area contributed by atoms with Crippen molar-refractivity contribution in [2.45, 2.75) is 13.0 Å². The molecule has 0 aromatic heterocycles. The van der Waals surface area contributed by atoms with Gasteiger partial charge in [-0.15, -0.1) is 6.42 Å². The molecule has 1 aliphatic heterocycles. The molecule has 1 aromatic carbocycles. The first-order valence-corrected chi connectivity index (χ1v) is 7.58. The fourth-order valence-electron chi connectivity index (χ4n) is 2.71. The summed E-state index contributed by atoms with van der Waals surface area (Å²) in [7, 11) is 0. The maximum Gasteiger partial charge on any atom is 0.295 e. The number of nitrogens with zero attached hydrogens (tertiary/aromatic N) is 3. The molecule has 24 heavy (non-hydrogen) atoms. The van der Waals surface area contributed by atoms with Crippen molar-refractivity contribution in [3.05, 3.63) is 34.1 Å². The summed E-state index contributed by atoms with van der Waals surface area (Å²) < 4.78 is 13.2. The number of halogens is 1. The molecule has 1 heterocycles. The van der Waals surface area contributed by atoms with Gasteiger partial charge in [-0.25, -0.2) is 4.39 Å². The minimum atomic E-state index is -0.636. The number of amides is 1. The monoisotopic (exact) mass is 334 g/mol. The molecule has 1 fully saturated rings. The number of anilines is 1. The van der Waals surface area contributed by atoms with Crippen LogP contribution in [-0.4, -0.2) is 54.5 Å². The number of piperazine rings is 1. The van der Waals surface area contributed by atoms with Gasteiger partial charge < -0.3 is 10.2 Å². The van der Waals surface area contributed by atoms with Gasteiger partial charge in [-0.2, -0.15) is 0 Å². The smallest absolute Gasteiger partial charge is 0.295 e. The molecule has 7 nitrogen and oxygen atoms in total. The second-order valence-electron chi connectivity index (χ2n) is 5.51. The molecule has 128 valence electrons. The molecule has 0 bridgehead atoms. The van der Waals surface area contributed by atoms with E-state index >= 15 is 0 Å². The van der Waals surface area contributed by atoms with Crippen LogP contribution in [0.15, 0.2) is 18.2 Å². The molecular formula is C16H19FN4O3. The number of nitrogens with one attached hydrogen (secondary N) is 1. The summed E-state index contributed by atoms with van der Waals surface area (Å²) in [4.78, 5) is 26.3. The Kier molecular flexibility index (Phi) is 5.71. The van der Waals surface area contributed by atoms with Gasteiger partial charge >= 0.3 is 0 Å². The fourth-order valence-corrected chi connectivity index (χ4v) is 2.71. The second-order valence-corrected chi connectivity index (χ2v) is 5.51. The third-order valence-electron chi connectivity index (χ3n) is 4.08. The summed E-state index contributed by atoms with van der Waals surface area (Å²) in [6, 6.07) is 3.23. The van der Waals surface area contributed by atoms with Crippen molar-refractivity contribution in [3.63, 3.8) is 0 Å². The standard InChI is InChI=1S/C16H19FN4O3/c1-3-6-18-16(22)12(2)19-7-9-20(10-8-19)14-5-4-13(17)11-15(14)21(23)24/h1,4-5,11-12H,6-10H2,2H3,(H,18,22)/t12-/m1/s1. The van der Waals surface area contributed by atoms with Gasteiger partial charge in [0.25, 0.3) is 5.69 Å². The van der Waals surface area contributed by atoms with E-state index in [1.165, 1.54) is 12.1 Å². The first-order chi connectivity index (χ1) is 11.4. The zero-order chi connectivity index (χ0) is 17.7. The molecule has 0 saturated carbocycles. The normalized spacial score (nSPS) is 16.3. The van der Waals surface area contributed by atoms with Gasteiger partial charge in [-0.05, 0) is 19.1 Å². The predicted molar refractivity (Wildman–Crippen MR) is 88.1 cm³/mol. The van der Waals surface area contributed by atoms with Crippen molar-refractivity contribution in [3.8, 4) is 12.3 Å². The summed E-state index contributed by atoms with van der Waals surface area (Å²) in [6.07, 6.45) is 5.12. The molecule has 1 N–H and O–H groups in total. The van der Waals surface area contributed by atoms with E-state index in [4.69, 9.17) is 6.42 Å². The van der Waals surface area contributed by atoms with Crippen LogP contribution in [0.3, 0.4) is 0 Å². The number of nitro benzene ring substituents is 1. The number of terminal acetylenes is 1. The van der Waals surface area contributed by atoms with Gasteiger partial charge in [0.05, 0.1) is 23.6 Å². The van der Waals surface area contributed by atoms with Crippen LogP contribution < -0.4 is 10.2 Å². The van der Waals surface area contributed by atoms with E-state index in [0.717, 1.165) is 6.07 Å².